The zero-order chi connectivity index (χ0) is 11.8. The third-order valence-electron chi connectivity index (χ3n) is 2.85. The highest BCUT2D eigenvalue weighted by Gasteiger charge is 2.17. The van der Waals surface area contributed by atoms with Crippen LogP contribution in [0.25, 0.3) is 0 Å². The van der Waals surface area contributed by atoms with Gasteiger partial charge >= 0.3 is 0 Å². The van der Waals surface area contributed by atoms with Crippen LogP contribution in [0.4, 0.5) is 5.69 Å². The molecule has 0 N–H and O–H groups in total. The number of ether oxygens (including phenoxy) is 1. The summed E-state index contributed by atoms with van der Waals surface area (Å²) in [5.41, 5.74) is 2.90. The minimum absolute atomic E-state index is 0.328. The van der Waals surface area contributed by atoms with Gasteiger partial charge in [-0.2, -0.15) is 0 Å². The summed E-state index contributed by atoms with van der Waals surface area (Å²) in [5, 5.41) is 0. The Kier molecular flexibility index (Phi) is 2.83. The summed E-state index contributed by atoms with van der Waals surface area (Å²) >= 11 is 0. The van der Waals surface area contributed by atoms with Gasteiger partial charge in [-0.3, -0.25) is 0 Å². The maximum Gasteiger partial charge on any atom is 0.142 e. The van der Waals surface area contributed by atoms with Crippen molar-refractivity contribution in [1.82, 2.24) is 0 Å². The highest BCUT2D eigenvalue weighted by Crippen LogP contribution is 2.33. The third kappa shape index (κ3) is 2.49. The van der Waals surface area contributed by atoms with E-state index in [0.29, 0.717) is 5.41 Å². The van der Waals surface area contributed by atoms with E-state index >= 15 is 0 Å². The van der Waals surface area contributed by atoms with Crippen LogP contribution in [0.2, 0.25) is 0 Å². The van der Waals surface area contributed by atoms with Crippen LogP contribution in [0, 0.1) is 5.41 Å². The maximum atomic E-state index is 5.71. The summed E-state index contributed by atoms with van der Waals surface area (Å²) in [4.78, 5) is 2.25. The maximum absolute atomic E-state index is 5.71. The number of hydrogen-bond donors (Lipinski definition) is 0. The topological polar surface area (TPSA) is 12.5 Å². The Hall–Kier alpha value is -1.18. The van der Waals surface area contributed by atoms with Gasteiger partial charge in [0.15, 0.2) is 0 Å². The zero-order valence-corrected chi connectivity index (χ0v) is 10.7. The lowest BCUT2D eigenvalue weighted by molar-refractivity contribution is 0.310. The van der Waals surface area contributed by atoms with Crippen molar-refractivity contribution < 1.29 is 4.74 Å². The Balaban J connectivity index is 2.25. The van der Waals surface area contributed by atoms with E-state index in [9.17, 15) is 0 Å². The van der Waals surface area contributed by atoms with Crippen molar-refractivity contribution in [3.05, 3.63) is 23.8 Å². The fourth-order valence-corrected chi connectivity index (χ4v) is 2.12. The van der Waals surface area contributed by atoms with Gasteiger partial charge in [0.05, 0.1) is 12.2 Å². The number of hydrogen-bond acceptors (Lipinski definition) is 2. The Bertz CT molecular complexity index is 379. The van der Waals surface area contributed by atoms with Gasteiger partial charge in [-0.25, -0.2) is 0 Å². The summed E-state index contributed by atoms with van der Waals surface area (Å²) in [6.45, 7) is 8.56. The number of anilines is 1. The summed E-state index contributed by atoms with van der Waals surface area (Å²) in [6.07, 6.45) is 1.09. The summed E-state index contributed by atoms with van der Waals surface area (Å²) in [7, 11) is 2.12. The highest BCUT2D eigenvalue weighted by atomic mass is 16.5. The van der Waals surface area contributed by atoms with Crippen LogP contribution in [0.3, 0.4) is 0 Å². The van der Waals surface area contributed by atoms with E-state index in [0.717, 1.165) is 25.3 Å². The van der Waals surface area contributed by atoms with Crippen LogP contribution in [0.15, 0.2) is 18.2 Å². The first kappa shape index (κ1) is 11.3. The molecule has 0 bridgehead atoms. The van der Waals surface area contributed by atoms with Crippen LogP contribution in [0.1, 0.15) is 26.3 Å². The van der Waals surface area contributed by atoms with Crippen molar-refractivity contribution >= 4 is 5.69 Å². The molecule has 0 aromatic heterocycles. The molecule has 2 nitrogen and oxygen atoms in total. The molecule has 0 fully saturated rings. The Morgan fingerprint density at radius 1 is 1.31 bits per heavy atom. The van der Waals surface area contributed by atoms with E-state index in [1.165, 1.54) is 11.3 Å². The lowest BCUT2D eigenvalue weighted by Crippen LogP contribution is -2.28. The quantitative estimate of drug-likeness (QED) is 0.719. The number of rotatable bonds is 1. The molecule has 0 radical (unpaired) electrons. The molecule has 0 spiro atoms. The second-order valence-electron chi connectivity index (χ2n) is 5.81. The molecule has 0 aliphatic carbocycles. The fraction of sp³-hybridized carbons (Fsp3) is 0.571. The third-order valence-corrected chi connectivity index (χ3v) is 2.85. The lowest BCUT2D eigenvalue weighted by atomic mass is 9.88. The summed E-state index contributed by atoms with van der Waals surface area (Å²) in [5.74, 6) is 1.04. The van der Waals surface area contributed by atoms with Crippen molar-refractivity contribution in [2.24, 2.45) is 5.41 Å². The molecule has 0 amide bonds. The minimum atomic E-state index is 0.328. The van der Waals surface area contributed by atoms with Crippen molar-refractivity contribution in [2.75, 3.05) is 25.1 Å². The molecule has 0 atom stereocenters. The van der Waals surface area contributed by atoms with E-state index in [1.54, 1.807) is 0 Å². The standard InChI is InChI=1S/C14H21NO/c1-14(2,3)10-11-5-6-12-13(9-11)16-8-7-15(12)4/h5-6,9H,7-8,10H2,1-4H3. The van der Waals surface area contributed by atoms with E-state index in [4.69, 9.17) is 4.74 Å². The molecular weight excluding hydrogens is 198 g/mol. The smallest absolute Gasteiger partial charge is 0.142 e. The van der Waals surface area contributed by atoms with E-state index in [1.807, 2.05) is 0 Å². The molecule has 1 aromatic carbocycles. The molecule has 1 aliphatic heterocycles. The number of nitrogens with zero attached hydrogens (tertiary/aromatic N) is 1. The molecule has 16 heavy (non-hydrogen) atoms. The largest absolute Gasteiger partial charge is 0.490 e. The first-order valence-corrected chi connectivity index (χ1v) is 5.92. The van der Waals surface area contributed by atoms with Gasteiger partial charge in [0.1, 0.15) is 12.4 Å². The lowest BCUT2D eigenvalue weighted by Gasteiger charge is -2.28. The molecule has 0 saturated heterocycles. The van der Waals surface area contributed by atoms with Crippen molar-refractivity contribution in [1.29, 1.82) is 0 Å². The Labute approximate surface area is 98.2 Å². The molecule has 88 valence electrons. The molecule has 1 aliphatic rings. The van der Waals surface area contributed by atoms with Crippen molar-refractivity contribution in [3.8, 4) is 5.75 Å². The molecule has 0 unspecified atom stereocenters. The molecule has 2 rings (SSSR count). The average molecular weight is 219 g/mol. The monoisotopic (exact) mass is 219 g/mol. The van der Waals surface area contributed by atoms with Crippen LogP contribution >= 0.6 is 0 Å². The summed E-state index contributed by atoms with van der Waals surface area (Å²) < 4.78 is 5.71. The van der Waals surface area contributed by atoms with Gasteiger partial charge in [-0.15, -0.1) is 0 Å². The molecule has 1 heterocycles. The zero-order valence-electron chi connectivity index (χ0n) is 10.7. The second kappa shape index (κ2) is 4.00. The van der Waals surface area contributed by atoms with E-state index in [-0.39, 0.29) is 0 Å². The number of fused-ring (bicyclic) bond motifs is 1. The first-order valence-electron chi connectivity index (χ1n) is 5.92. The average Bonchev–Trinajstić information content (AvgIpc) is 2.15. The normalized spacial score (nSPS) is 15.6. The highest BCUT2D eigenvalue weighted by molar-refractivity contribution is 5.60. The van der Waals surface area contributed by atoms with Crippen LogP contribution in [0.5, 0.6) is 5.75 Å². The van der Waals surface area contributed by atoms with Crippen molar-refractivity contribution in [3.63, 3.8) is 0 Å². The van der Waals surface area contributed by atoms with Gasteiger partial charge in [0.2, 0.25) is 0 Å². The van der Waals surface area contributed by atoms with Gasteiger partial charge in [-0.1, -0.05) is 26.8 Å². The van der Waals surface area contributed by atoms with Crippen LogP contribution < -0.4 is 9.64 Å². The fourth-order valence-electron chi connectivity index (χ4n) is 2.12. The molecule has 1 aromatic rings. The van der Waals surface area contributed by atoms with Gasteiger partial charge in [-0.05, 0) is 29.5 Å². The summed E-state index contributed by atoms with van der Waals surface area (Å²) in [6, 6.07) is 6.58. The van der Waals surface area contributed by atoms with E-state index in [2.05, 4.69) is 50.9 Å². The molecule has 0 saturated carbocycles. The molecular formula is C14H21NO. The number of benzene rings is 1. The Morgan fingerprint density at radius 2 is 2.06 bits per heavy atom. The number of likely N-dealkylation sites (N-methyl/N-ethyl adjacent to an activating group) is 1. The van der Waals surface area contributed by atoms with Gasteiger partial charge in [0, 0.05) is 7.05 Å². The van der Waals surface area contributed by atoms with Crippen LogP contribution in [-0.4, -0.2) is 20.2 Å². The Morgan fingerprint density at radius 3 is 2.75 bits per heavy atom. The van der Waals surface area contributed by atoms with Gasteiger partial charge in [0.25, 0.3) is 0 Å². The van der Waals surface area contributed by atoms with E-state index < -0.39 is 0 Å². The minimum Gasteiger partial charge on any atom is -0.490 e. The van der Waals surface area contributed by atoms with Crippen LogP contribution in [-0.2, 0) is 6.42 Å². The van der Waals surface area contributed by atoms with Gasteiger partial charge < -0.3 is 9.64 Å². The predicted octanol–water partition coefficient (Wildman–Crippen LogP) is 3.10. The van der Waals surface area contributed by atoms with Crippen molar-refractivity contribution in [2.45, 2.75) is 27.2 Å². The molecule has 2 heteroatoms. The SMILES string of the molecule is CN1CCOc2cc(CC(C)(C)C)ccc21. The first-order chi connectivity index (χ1) is 7.46. The second-order valence-corrected chi connectivity index (χ2v) is 5.81. The predicted molar refractivity (Wildman–Crippen MR) is 68.4 cm³/mol.